The van der Waals surface area contributed by atoms with E-state index in [0.29, 0.717) is 110 Å². The maximum absolute atomic E-state index is 13.9. The van der Waals surface area contributed by atoms with Crippen LogP contribution in [0.5, 0.6) is 17.2 Å². The van der Waals surface area contributed by atoms with Crippen molar-refractivity contribution in [3.05, 3.63) is 118 Å². The van der Waals surface area contributed by atoms with Crippen LogP contribution in [0.4, 0.5) is 10.5 Å². The lowest BCUT2D eigenvalue weighted by molar-refractivity contribution is -0.135. The Labute approximate surface area is 394 Å². The minimum atomic E-state index is -0.412. The Balaban J connectivity index is 0.703. The molecule has 2 amide bonds. The average Bonchev–Trinajstić information content (AvgIpc) is 3.33. The second-order valence-corrected chi connectivity index (χ2v) is 17.9. The number of aromatic nitrogens is 2. The van der Waals surface area contributed by atoms with Crippen molar-refractivity contribution in [3.63, 3.8) is 0 Å². The van der Waals surface area contributed by atoms with Crippen LogP contribution in [-0.4, -0.2) is 114 Å². The molecule has 1 aromatic heterocycles. The fourth-order valence-corrected chi connectivity index (χ4v) is 9.87. The molecule has 8 rings (SSSR count). The summed E-state index contributed by atoms with van der Waals surface area (Å²) in [5, 5.41) is 3.45. The first-order valence-electron chi connectivity index (χ1n) is 24.2. The Morgan fingerprint density at radius 3 is 2.34 bits per heavy atom. The van der Waals surface area contributed by atoms with E-state index in [0.717, 1.165) is 69.0 Å². The van der Waals surface area contributed by atoms with E-state index >= 15 is 0 Å². The zero-order chi connectivity index (χ0) is 46.5. The van der Waals surface area contributed by atoms with Gasteiger partial charge in [-0.15, -0.1) is 0 Å². The van der Waals surface area contributed by atoms with Gasteiger partial charge in [0.25, 0.3) is 11.5 Å². The van der Waals surface area contributed by atoms with Crippen molar-refractivity contribution in [2.75, 3.05) is 65.0 Å². The summed E-state index contributed by atoms with van der Waals surface area (Å²) in [5.41, 5.74) is 3.92. The number of aryl methyl sites for hydroxylation is 1. The van der Waals surface area contributed by atoms with Gasteiger partial charge in [-0.2, -0.15) is 0 Å². The number of piperidine rings is 2. The van der Waals surface area contributed by atoms with Crippen LogP contribution in [0.1, 0.15) is 81.7 Å². The lowest BCUT2D eigenvalue weighted by Crippen LogP contribution is -2.54. The van der Waals surface area contributed by atoms with E-state index in [9.17, 15) is 14.4 Å². The number of ether oxygens (including phenoxy) is 5. The van der Waals surface area contributed by atoms with Crippen LogP contribution in [0.25, 0.3) is 16.6 Å². The number of carbonyl (C=O) groups excluding carboxylic acids is 2. The first-order chi connectivity index (χ1) is 32.8. The average molecular weight is 915 g/mol. The number of rotatable bonds is 20. The summed E-state index contributed by atoms with van der Waals surface area (Å²) in [6, 6.07) is 29.4. The quantitative estimate of drug-likeness (QED) is 0.0753. The van der Waals surface area contributed by atoms with Crippen molar-refractivity contribution in [1.29, 1.82) is 0 Å². The number of nitrogens with one attached hydrogen (secondary N) is 1. The van der Waals surface area contributed by atoms with Gasteiger partial charge in [0, 0.05) is 57.7 Å². The van der Waals surface area contributed by atoms with Gasteiger partial charge in [0.2, 0.25) is 0 Å². The predicted octanol–water partition coefficient (Wildman–Crippen LogP) is 8.54. The molecule has 0 radical (unpaired) electrons. The van der Waals surface area contributed by atoms with Crippen LogP contribution in [0, 0.1) is 6.92 Å². The van der Waals surface area contributed by atoms with Crippen molar-refractivity contribution < 1.29 is 33.3 Å². The van der Waals surface area contributed by atoms with E-state index in [1.807, 2.05) is 104 Å². The molecule has 4 aromatic carbocycles. The maximum atomic E-state index is 13.9. The Bertz CT molecular complexity index is 2470. The van der Waals surface area contributed by atoms with Crippen LogP contribution in [-0.2, 0) is 27.4 Å². The van der Waals surface area contributed by atoms with E-state index in [1.54, 1.807) is 17.7 Å². The third-order valence-corrected chi connectivity index (χ3v) is 13.3. The van der Waals surface area contributed by atoms with Gasteiger partial charge in [-0.25, -0.2) is 9.78 Å². The third-order valence-electron chi connectivity index (χ3n) is 13.3. The summed E-state index contributed by atoms with van der Waals surface area (Å²) < 4.78 is 30.9. The molecule has 3 aliphatic heterocycles. The molecule has 4 heterocycles. The molecule has 3 saturated heterocycles. The number of hydrogen-bond donors (Lipinski definition) is 1. The second-order valence-electron chi connectivity index (χ2n) is 17.9. The van der Waals surface area contributed by atoms with Crippen molar-refractivity contribution in [3.8, 4) is 22.9 Å². The Kier molecular flexibility index (Phi) is 16.4. The van der Waals surface area contributed by atoms with E-state index in [-0.39, 0.29) is 24.2 Å². The number of fused-ring (bicyclic) bond motifs is 3. The summed E-state index contributed by atoms with van der Waals surface area (Å²) in [7, 11) is 1.60. The van der Waals surface area contributed by atoms with Crippen LogP contribution in [0.2, 0.25) is 0 Å². The highest BCUT2D eigenvalue weighted by Crippen LogP contribution is 2.36. The minimum Gasteiger partial charge on any atom is -0.495 e. The van der Waals surface area contributed by atoms with E-state index in [4.69, 9.17) is 28.7 Å². The van der Waals surface area contributed by atoms with Crippen molar-refractivity contribution in [2.45, 2.75) is 103 Å². The second kappa shape index (κ2) is 23.2. The van der Waals surface area contributed by atoms with E-state index in [1.165, 1.54) is 6.42 Å². The zero-order valence-electron chi connectivity index (χ0n) is 39.3. The lowest BCUT2D eigenvalue weighted by Gasteiger charge is -2.48. The van der Waals surface area contributed by atoms with Gasteiger partial charge in [0.05, 0.1) is 49.1 Å². The van der Waals surface area contributed by atoms with Crippen molar-refractivity contribution in [1.82, 2.24) is 24.3 Å². The van der Waals surface area contributed by atoms with Gasteiger partial charge in [-0.05, 0) is 106 Å². The SMILES string of the molecule is CCOc1ccccc1-n1c(CN2CCN(C(=O)COc3ccc(COCCCCCCN4C5CCCC4CC(OC(=O)Nc4cc(C)ccc4OC)C5)cc3)CC2)nc2ccccc2c1=O. The molecule has 3 fully saturated rings. The summed E-state index contributed by atoms with van der Waals surface area (Å²) in [6.45, 7) is 9.52. The Hall–Kier alpha value is -5.96. The van der Waals surface area contributed by atoms with Gasteiger partial charge < -0.3 is 28.6 Å². The number of piperazine rings is 1. The Morgan fingerprint density at radius 2 is 1.57 bits per heavy atom. The Morgan fingerprint density at radius 1 is 0.821 bits per heavy atom. The number of hydrogen-bond acceptors (Lipinski definition) is 11. The van der Waals surface area contributed by atoms with Crippen LogP contribution in [0.3, 0.4) is 0 Å². The van der Waals surface area contributed by atoms with Gasteiger partial charge in [0.15, 0.2) is 6.61 Å². The van der Waals surface area contributed by atoms with Crippen LogP contribution >= 0.6 is 0 Å². The topological polar surface area (TPSA) is 137 Å². The number of nitrogens with zero attached hydrogens (tertiary/aromatic N) is 5. The lowest BCUT2D eigenvalue weighted by atomic mass is 9.82. The zero-order valence-corrected chi connectivity index (χ0v) is 39.3. The number of methoxy groups -OCH3 is 1. The molecule has 67 heavy (non-hydrogen) atoms. The molecule has 1 N–H and O–H groups in total. The van der Waals surface area contributed by atoms with E-state index < -0.39 is 6.09 Å². The largest absolute Gasteiger partial charge is 0.495 e. The first kappa shape index (κ1) is 47.5. The molecule has 0 saturated carbocycles. The first-order valence-corrected chi connectivity index (χ1v) is 24.2. The van der Waals surface area contributed by atoms with Crippen LogP contribution < -0.4 is 25.1 Å². The van der Waals surface area contributed by atoms with Crippen molar-refractivity contribution in [2.24, 2.45) is 0 Å². The third kappa shape index (κ3) is 12.3. The highest BCUT2D eigenvalue weighted by atomic mass is 16.6. The number of amides is 2. The number of anilines is 1. The smallest absolute Gasteiger partial charge is 0.412 e. The molecule has 2 atom stereocenters. The number of para-hydroxylation sites is 3. The van der Waals surface area contributed by atoms with Crippen molar-refractivity contribution >= 4 is 28.6 Å². The summed E-state index contributed by atoms with van der Waals surface area (Å²) in [6.07, 6.45) is 9.32. The number of benzene rings is 4. The molecule has 0 spiro atoms. The highest BCUT2D eigenvalue weighted by molar-refractivity contribution is 5.87. The highest BCUT2D eigenvalue weighted by Gasteiger charge is 2.39. The molecule has 5 aromatic rings. The monoisotopic (exact) mass is 914 g/mol. The molecule has 2 unspecified atom stereocenters. The summed E-state index contributed by atoms with van der Waals surface area (Å²) in [4.78, 5) is 51.6. The molecule has 14 heteroatoms. The minimum absolute atomic E-state index is 0.0339. The molecule has 356 valence electrons. The van der Waals surface area contributed by atoms with Gasteiger partial charge in [-0.3, -0.25) is 29.3 Å². The summed E-state index contributed by atoms with van der Waals surface area (Å²) in [5.74, 6) is 2.47. The standard InChI is InChI=1S/C53H66N6O8/c1-4-65-49-19-10-9-18-47(49)59-50(54-45-17-8-7-16-44(45)52(59)61)35-56-27-29-57(30-28-56)51(60)37-66-42-23-21-39(22-24-42)36-64-31-12-6-5-11-26-58-40-14-13-15-41(58)34-43(33-40)67-53(62)55-46-32-38(2)20-25-48(46)63-3/h7-10,16-25,32,40-41,43H,4-6,11-15,26-31,33-37H2,1-3H3,(H,55,62). The van der Waals surface area contributed by atoms with Gasteiger partial charge in [-0.1, -0.05) is 61.7 Å². The molecule has 14 nitrogen and oxygen atoms in total. The molecule has 2 bridgehead atoms. The van der Waals surface area contributed by atoms with E-state index in [2.05, 4.69) is 15.1 Å². The summed E-state index contributed by atoms with van der Waals surface area (Å²) >= 11 is 0. The number of unbranched alkanes of at least 4 members (excludes halogenated alkanes) is 3. The normalized spacial score (nSPS) is 18.7. The van der Waals surface area contributed by atoms with Gasteiger partial charge >= 0.3 is 6.09 Å². The fourth-order valence-electron chi connectivity index (χ4n) is 9.87. The van der Waals surface area contributed by atoms with Gasteiger partial charge in [0.1, 0.15) is 29.2 Å². The molecular formula is C53H66N6O8. The molecule has 3 aliphatic rings. The predicted molar refractivity (Wildman–Crippen MR) is 259 cm³/mol. The van der Waals surface area contributed by atoms with Crippen LogP contribution in [0.15, 0.2) is 95.8 Å². The molecular weight excluding hydrogens is 849 g/mol. The molecule has 0 aliphatic carbocycles. The fraction of sp³-hybridized carbons (Fsp3) is 0.472. The number of carbonyl (C=O) groups is 2. The maximum Gasteiger partial charge on any atom is 0.412 e.